The topological polar surface area (TPSA) is 84.7 Å². The molecule has 1 aliphatic heterocycles. The van der Waals surface area contributed by atoms with E-state index < -0.39 is 5.97 Å². The molecule has 1 aromatic carbocycles. The van der Waals surface area contributed by atoms with Crippen molar-refractivity contribution >= 4 is 12.0 Å². The summed E-state index contributed by atoms with van der Waals surface area (Å²) in [7, 11) is 0. The number of carbonyl (C=O) groups is 2. The molecule has 4 rings (SSSR count). The normalized spacial score (nSPS) is 23.8. The summed E-state index contributed by atoms with van der Waals surface area (Å²) in [4.78, 5) is 25.3. The van der Waals surface area contributed by atoms with E-state index in [1.54, 1.807) is 4.90 Å². The van der Waals surface area contributed by atoms with Gasteiger partial charge in [0.1, 0.15) is 0 Å². The van der Waals surface area contributed by atoms with E-state index in [1.165, 1.54) is 29.0 Å². The quantitative estimate of drug-likeness (QED) is 0.877. The van der Waals surface area contributed by atoms with Gasteiger partial charge in [-0.2, -0.15) is 9.78 Å². The molecule has 1 N–H and O–H groups in total. The zero-order valence-corrected chi connectivity index (χ0v) is 16.2. The zero-order chi connectivity index (χ0) is 19.8. The SMILES string of the molecule is Cc1cccc(CO[C@@H]2C[C@@H]3CN(C(=O)n4ccc(C(=O)O)n4)C[C@@H]3C2)c1C. The number of nitrogens with zero attached hydrogens (tertiary/aromatic N) is 3. The van der Waals surface area contributed by atoms with Crippen LogP contribution in [0.5, 0.6) is 0 Å². The van der Waals surface area contributed by atoms with Crippen LogP contribution in [0, 0.1) is 25.7 Å². The average Bonchev–Trinajstić information content (AvgIpc) is 3.36. The van der Waals surface area contributed by atoms with E-state index in [4.69, 9.17) is 9.84 Å². The molecule has 2 aromatic rings. The van der Waals surface area contributed by atoms with Gasteiger partial charge < -0.3 is 14.7 Å². The van der Waals surface area contributed by atoms with Crippen molar-refractivity contribution in [1.82, 2.24) is 14.7 Å². The van der Waals surface area contributed by atoms with Crippen molar-refractivity contribution in [2.24, 2.45) is 11.8 Å². The first-order chi connectivity index (χ1) is 13.4. The molecule has 0 bridgehead atoms. The second-order valence-electron chi connectivity index (χ2n) is 7.92. The van der Waals surface area contributed by atoms with Crippen LogP contribution in [0.15, 0.2) is 30.5 Å². The number of carbonyl (C=O) groups excluding carboxylic acids is 1. The van der Waals surface area contributed by atoms with Gasteiger partial charge in [-0.15, -0.1) is 0 Å². The minimum atomic E-state index is -1.13. The van der Waals surface area contributed by atoms with Crippen LogP contribution in [-0.4, -0.2) is 51.0 Å². The van der Waals surface area contributed by atoms with Crippen molar-refractivity contribution < 1.29 is 19.4 Å². The Morgan fingerprint density at radius 1 is 1.18 bits per heavy atom. The van der Waals surface area contributed by atoms with Crippen LogP contribution in [0.25, 0.3) is 0 Å². The van der Waals surface area contributed by atoms with Crippen molar-refractivity contribution in [3.8, 4) is 0 Å². The van der Waals surface area contributed by atoms with Crippen LogP contribution >= 0.6 is 0 Å². The first-order valence-corrected chi connectivity index (χ1v) is 9.67. The standard InChI is InChI=1S/C21H25N3O4/c1-13-4-3-5-15(14(13)2)12-28-18-8-16-10-23(11-17(16)9-18)21(27)24-7-6-19(22-24)20(25)26/h3-7,16-18H,8-12H2,1-2H3,(H,25,26)/t16-,17+,18-. The second kappa shape index (κ2) is 7.39. The fourth-order valence-electron chi connectivity index (χ4n) is 4.40. The Kier molecular flexibility index (Phi) is 4.93. The van der Waals surface area contributed by atoms with Gasteiger partial charge in [-0.25, -0.2) is 9.59 Å². The third-order valence-electron chi connectivity index (χ3n) is 6.17. The largest absolute Gasteiger partial charge is 0.476 e. The first-order valence-electron chi connectivity index (χ1n) is 9.67. The highest BCUT2D eigenvalue weighted by Gasteiger charge is 2.43. The Hall–Kier alpha value is -2.67. The monoisotopic (exact) mass is 383 g/mol. The Labute approximate surface area is 163 Å². The molecule has 2 fully saturated rings. The summed E-state index contributed by atoms with van der Waals surface area (Å²) in [5.41, 5.74) is 3.69. The van der Waals surface area contributed by atoms with Gasteiger partial charge in [-0.05, 0) is 61.3 Å². The maximum absolute atomic E-state index is 12.6. The molecule has 1 saturated heterocycles. The molecule has 2 aliphatic rings. The van der Waals surface area contributed by atoms with E-state index in [2.05, 4.69) is 37.1 Å². The van der Waals surface area contributed by atoms with Crippen molar-refractivity contribution in [3.63, 3.8) is 0 Å². The van der Waals surface area contributed by atoms with E-state index in [0.717, 1.165) is 17.5 Å². The number of carboxylic acids is 1. The number of rotatable bonds is 4. The summed E-state index contributed by atoms with van der Waals surface area (Å²) in [5, 5.41) is 12.8. The van der Waals surface area contributed by atoms with Gasteiger partial charge in [0.2, 0.25) is 0 Å². The number of aromatic carboxylic acids is 1. The molecule has 7 nitrogen and oxygen atoms in total. The fraction of sp³-hybridized carbons (Fsp3) is 0.476. The van der Waals surface area contributed by atoms with Crippen molar-refractivity contribution in [1.29, 1.82) is 0 Å². The third kappa shape index (κ3) is 3.54. The number of likely N-dealkylation sites (tertiary alicyclic amines) is 1. The maximum atomic E-state index is 12.6. The highest BCUT2D eigenvalue weighted by molar-refractivity contribution is 5.86. The number of benzene rings is 1. The number of fused-ring (bicyclic) bond motifs is 1. The van der Waals surface area contributed by atoms with Gasteiger partial charge in [-0.1, -0.05) is 18.2 Å². The molecule has 0 unspecified atom stereocenters. The fourth-order valence-corrected chi connectivity index (χ4v) is 4.40. The number of aryl methyl sites for hydroxylation is 1. The number of aromatic nitrogens is 2. The Balaban J connectivity index is 1.31. The molecule has 0 radical (unpaired) electrons. The number of hydrogen-bond acceptors (Lipinski definition) is 4. The van der Waals surface area contributed by atoms with Gasteiger partial charge in [0.05, 0.1) is 12.7 Å². The van der Waals surface area contributed by atoms with Gasteiger partial charge in [-0.3, -0.25) is 0 Å². The number of amides is 1. The lowest BCUT2D eigenvalue weighted by molar-refractivity contribution is 0.0380. The van der Waals surface area contributed by atoms with E-state index >= 15 is 0 Å². The molecule has 148 valence electrons. The minimum Gasteiger partial charge on any atom is -0.476 e. The number of hydrogen-bond donors (Lipinski definition) is 1. The lowest BCUT2D eigenvalue weighted by Gasteiger charge is -2.19. The van der Waals surface area contributed by atoms with E-state index in [9.17, 15) is 9.59 Å². The Morgan fingerprint density at radius 3 is 2.54 bits per heavy atom. The third-order valence-corrected chi connectivity index (χ3v) is 6.17. The second-order valence-corrected chi connectivity index (χ2v) is 7.92. The van der Waals surface area contributed by atoms with Crippen molar-refractivity contribution in [3.05, 3.63) is 52.8 Å². The smallest absolute Gasteiger partial charge is 0.356 e. The Morgan fingerprint density at radius 2 is 1.89 bits per heavy atom. The van der Waals surface area contributed by atoms with Crippen LogP contribution in [0.4, 0.5) is 4.79 Å². The highest BCUT2D eigenvalue weighted by atomic mass is 16.5. The Bertz CT molecular complexity index is 893. The molecular formula is C21H25N3O4. The van der Waals surface area contributed by atoms with Crippen LogP contribution in [-0.2, 0) is 11.3 Å². The molecule has 1 amide bonds. The molecular weight excluding hydrogens is 358 g/mol. The highest BCUT2D eigenvalue weighted by Crippen LogP contribution is 2.40. The maximum Gasteiger partial charge on any atom is 0.356 e. The summed E-state index contributed by atoms with van der Waals surface area (Å²) in [5.74, 6) is -0.266. The van der Waals surface area contributed by atoms with Gasteiger partial charge in [0.25, 0.3) is 0 Å². The van der Waals surface area contributed by atoms with Gasteiger partial charge in [0.15, 0.2) is 5.69 Å². The van der Waals surface area contributed by atoms with Crippen LogP contribution in [0.1, 0.15) is 40.0 Å². The van der Waals surface area contributed by atoms with Crippen molar-refractivity contribution in [2.45, 2.75) is 39.4 Å². The van der Waals surface area contributed by atoms with Gasteiger partial charge in [0, 0.05) is 19.3 Å². The van der Waals surface area contributed by atoms with Crippen LogP contribution < -0.4 is 0 Å². The molecule has 1 saturated carbocycles. The molecule has 3 atom stereocenters. The summed E-state index contributed by atoms with van der Waals surface area (Å²) in [6.45, 7) is 6.23. The van der Waals surface area contributed by atoms with Crippen molar-refractivity contribution in [2.75, 3.05) is 13.1 Å². The zero-order valence-electron chi connectivity index (χ0n) is 16.2. The predicted octanol–water partition coefficient (Wildman–Crippen LogP) is 3.09. The van der Waals surface area contributed by atoms with Crippen LogP contribution in [0.3, 0.4) is 0 Å². The van der Waals surface area contributed by atoms with E-state index in [0.29, 0.717) is 31.5 Å². The molecule has 7 heteroatoms. The molecule has 1 aliphatic carbocycles. The molecule has 28 heavy (non-hydrogen) atoms. The summed E-state index contributed by atoms with van der Waals surface area (Å²) < 4.78 is 7.31. The predicted molar refractivity (Wildman–Crippen MR) is 102 cm³/mol. The lowest BCUT2D eigenvalue weighted by atomic mass is 10.0. The summed E-state index contributed by atoms with van der Waals surface area (Å²) in [6, 6.07) is 7.39. The summed E-state index contributed by atoms with van der Waals surface area (Å²) >= 11 is 0. The molecule has 1 aromatic heterocycles. The number of ether oxygens (including phenoxy) is 1. The van der Waals surface area contributed by atoms with E-state index in [1.807, 2.05) is 0 Å². The lowest BCUT2D eigenvalue weighted by Crippen LogP contribution is -2.34. The molecule has 2 heterocycles. The minimum absolute atomic E-state index is 0.118. The van der Waals surface area contributed by atoms with Gasteiger partial charge >= 0.3 is 12.0 Å². The van der Waals surface area contributed by atoms with Crippen LogP contribution in [0.2, 0.25) is 0 Å². The number of carboxylic acid groups (broad SMARTS) is 1. The first kappa shape index (κ1) is 18.7. The molecule has 0 spiro atoms. The van der Waals surface area contributed by atoms with E-state index in [-0.39, 0.29) is 17.8 Å². The average molecular weight is 383 g/mol. The summed E-state index contributed by atoms with van der Waals surface area (Å²) in [6.07, 6.45) is 3.56.